The molecular weight excluding hydrogens is 498 g/mol. The average Bonchev–Trinajstić information content (AvgIpc) is 2.92. The summed E-state index contributed by atoms with van der Waals surface area (Å²) in [6, 6.07) is 24.0. The molecule has 7 nitrogen and oxygen atoms in total. The number of benzene rings is 3. The maximum atomic E-state index is 13.9. The van der Waals surface area contributed by atoms with Crippen LogP contribution in [-0.2, 0) is 26.0 Å². The normalized spacial score (nSPS) is 12.8. The summed E-state index contributed by atoms with van der Waals surface area (Å²) in [5.41, 5.74) is 2.28. The topological polar surface area (TPSA) is 86.8 Å². The predicted octanol–water partition coefficient (Wildman–Crippen LogP) is 4.56. The first-order valence-electron chi connectivity index (χ1n) is 12.9. The van der Waals surface area contributed by atoms with E-state index in [0.717, 1.165) is 21.9 Å². The van der Waals surface area contributed by atoms with Gasteiger partial charge in [0.2, 0.25) is 11.8 Å². The minimum Gasteiger partial charge on any atom is -0.352 e. The number of nitrogens with one attached hydrogen (secondary N) is 1. The van der Waals surface area contributed by atoms with Crippen LogP contribution in [0.15, 0.2) is 89.8 Å². The van der Waals surface area contributed by atoms with Gasteiger partial charge >= 0.3 is 0 Å². The SMILES string of the molecule is CC[C@H](C)NC(=O)[C@H](C)N(CCc1ccccc1)C(=O)CN(c1cccc(C)c1)S(=O)(=O)c1ccccc1. The van der Waals surface area contributed by atoms with Crippen LogP contribution in [0, 0.1) is 6.92 Å². The molecule has 0 saturated heterocycles. The fourth-order valence-electron chi connectivity index (χ4n) is 4.07. The van der Waals surface area contributed by atoms with Crippen molar-refractivity contribution in [1.82, 2.24) is 10.2 Å². The number of hydrogen-bond acceptors (Lipinski definition) is 4. The van der Waals surface area contributed by atoms with Crippen molar-refractivity contribution in [3.8, 4) is 0 Å². The molecular formula is C30H37N3O4S. The predicted molar refractivity (Wildman–Crippen MR) is 151 cm³/mol. The van der Waals surface area contributed by atoms with Crippen LogP contribution in [0.3, 0.4) is 0 Å². The van der Waals surface area contributed by atoms with Crippen LogP contribution in [0.4, 0.5) is 5.69 Å². The Balaban J connectivity index is 1.96. The third-order valence-electron chi connectivity index (χ3n) is 6.55. The summed E-state index contributed by atoms with van der Waals surface area (Å²) in [4.78, 5) is 28.5. The molecule has 202 valence electrons. The van der Waals surface area contributed by atoms with Gasteiger partial charge in [0.25, 0.3) is 10.0 Å². The van der Waals surface area contributed by atoms with Crippen LogP contribution in [0.5, 0.6) is 0 Å². The van der Waals surface area contributed by atoms with E-state index in [0.29, 0.717) is 12.1 Å². The highest BCUT2D eigenvalue weighted by Gasteiger charge is 2.32. The Labute approximate surface area is 226 Å². The van der Waals surface area contributed by atoms with Gasteiger partial charge < -0.3 is 10.2 Å². The second-order valence-electron chi connectivity index (χ2n) is 9.48. The van der Waals surface area contributed by atoms with E-state index in [9.17, 15) is 18.0 Å². The molecule has 3 aromatic carbocycles. The number of rotatable bonds is 12. The van der Waals surface area contributed by atoms with Gasteiger partial charge in [-0.25, -0.2) is 8.42 Å². The number of anilines is 1. The van der Waals surface area contributed by atoms with Gasteiger partial charge in [-0.05, 0) is 69.0 Å². The molecule has 0 radical (unpaired) electrons. The van der Waals surface area contributed by atoms with Crippen LogP contribution < -0.4 is 9.62 Å². The maximum Gasteiger partial charge on any atom is 0.264 e. The average molecular weight is 536 g/mol. The number of aryl methyl sites for hydroxylation is 1. The molecule has 8 heteroatoms. The summed E-state index contributed by atoms with van der Waals surface area (Å²) in [7, 11) is -4.05. The lowest BCUT2D eigenvalue weighted by atomic mass is 10.1. The Morgan fingerprint density at radius 3 is 2.13 bits per heavy atom. The molecule has 0 spiro atoms. The Morgan fingerprint density at radius 1 is 0.895 bits per heavy atom. The lowest BCUT2D eigenvalue weighted by Gasteiger charge is -2.32. The van der Waals surface area contributed by atoms with E-state index in [1.807, 2.05) is 57.2 Å². The molecule has 0 aliphatic heterocycles. The fraction of sp³-hybridized carbons (Fsp3) is 0.333. The van der Waals surface area contributed by atoms with Crippen molar-refractivity contribution in [2.24, 2.45) is 0 Å². The molecule has 3 rings (SSSR count). The molecule has 0 aromatic heterocycles. The molecule has 0 aliphatic carbocycles. The molecule has 3 aromatic rings. The highest BCUT2D eigenvalue weighted by Crippen LogP contribution is 2.25. The van der Waals surface area contributed by atoms with Gasteiger partial charge in [0.15, 0.2) is 0 Å². The number of sulfonamides is 1. The summed E-state index contributed by atoms with van der Waals surface area (Å²) in [6.07, 6.45) is 1.29. The summed E-state index contributed by atoms with van der Waals surface area (Å²) in [5.74, 6) is -0.720. The highest BCUT2D eigenvalue weighted by molar-refractivity contribution is 7.92. The van der Waals surface area contributed by atoms with Gasteiger partial charge in [-0.3, -0.25) is 13.9 Å². The van der Waals surface area contributed by atoms with Crippen molar-refractivity contribution in [3.05, 3.63) is 96.1 Å². The minimum absolute atomic E-state index is 0.0433. The van der Waals surface area contributed by atoms with E-state index in [4.69, 9.17) is 0 Å². The molecule has 2 amide bonds. The van der Waals surface area contributed by atoms with E-state index in [1.54, 1.807) is 43.3 Å². The monoisotopic (exact) mass is 535 g/mol. The maximum absolute atomic E-state index is 13.9. The van der Waals surface area contributed by atoms with E-state index >= 15 is 0 Å². The molecule has 0 aliphatic rings. The first kappa shape index (κ1) is 28.9. The summed E-state index contributed by atoms with van der Waals surface area (Å²) >= 11 is 0. The summed E-state index contributed by atoms with van der Waals surface area (Å²) in [5, 5.41) is 2.95. The molecule has 0 heterocycles. The van der Waals surface area contributed by atoms with Crippen LogP contribution in [0.1, 0.15) is 38.3 Å². The van der Waals surface area contributed by atoms with E-state index < -0.39 is 28.5 Å². The van der Waals surface area contributed by atoms with Gasteiger partial charge in [-0.2, -0.15) is 0 Å². The van der Waals surface area contributed by atoms with Crippen LogP contribution in [0.25, 0.3) is 0 Å². The molecule has 0 saturated carbocycles. The van der Waals surface area contributed by atoms with Crippen molar-refractivity contribution < 1.29 is 18.0 Å². The zero-order valence-corrected chi connectivity index (χ0v) is 23.3. The van der Waals surface area contributed by atoms with Gasteiger partial charge in [0.05, 0.1) is 10.6 Å². The van der Waals surface area contributed by atoms with Crippen molar-refractivity contribution >= 4 is 27.5 Å². The van der Waals surface area contributed by atoms with Crippen molar-refractivity contribution in [1.29, 1.82) is 0 Å². The van der Waals surface area contributed by atoms with Crippen molar-refractivity contribution in [3.63, 3.8) is 0 Å². The Morgan fingerprint density at radius 2 is 1.53 bits per heavy atom. The zero-order chi connectivity index (χ0) is 27.7. The summed E-state index contributed by atoms with van der Waals surface area (Å²) in [6.45, 7) is 7.27. The number of nitrogens with zero attached hydrogens (tertiary/aromatic N) is 2. The number of carbonyl (C=O) groups excluding carboxylic acids is 2. The second kappa shape index (κ2) is 13.2. The molecule has 0 unspecified atom stereocenters. The minimum atomic E-state index is -4.05. The first-order chi connectivity index (χ1) is 18.1. The van der Waals surface area contributed by atoms with Gasteiger partial charge in [-0.1, -0.05) is 67.6 Å². The van der Waals surface area contributed by atoms with Crippen molar-refractivity contribution in [2.75, 3.05) is 17.4 Å². The number of carbonyl (C=O) groups is 2. The van der Waals surface area contributed by atoms with E-state index in [-0.39, 0.29) is 23.4 Å². The Hall–Kier alpha value is -3.65. The smallest absolute Gasteiger partial charge is 0.264 e. The molecule has 2 atom stereocenters. The molecule has 38 heavy (non-hydrogen) atoms. The van der Waals surface area contributed by atoms with E-state index in [1.165, 1.54) is 17.0 Å². The third-order valence-corrected chi connectivity index (χ3v) is 8.34. The lowest BCUT2D eigenvalue weighted by Crippen LogP contribution is -2.53. The largest absolute Gasteiger partial charge is 0.352 e. The van der Waals surface area contributed by atoms with Crippen LogP contribution in [-0.4, -0.2) is 50.3 Å². The molecule has 1 N–H and O–H groups in total. The lowest BCUT2D eigenvalue weighted by molar-refractivity contribution is -0.139. The second-order valence-corrected chi connectivity index (χ2v) is 11.3. The Kier molecular flexibility index (Phi) is 10.1. The summed E-state index contributed by atoms with van der Waals surface area (Å²) < 4.78 is 28.6. The Bertz CT molecular complexity index is 1310. The highest BCUT2D eigenvalue weighted by atomic mass is 32.2. The van der Waals surface area contributed by atoms with Gasteiger partial charge in [0, 0.05) is 12.6 Å². The fourth-order valence-corrected chi connectivity index (χ4v) is 5.49. The number of amides is 2. The quantitative estimate of drug-likeness (QED) is 0.368. The molecule has 0 fully saturated rings. The standard InChI is InChI=1S/C30H37N3O4S/c1-5-24(3)31-30(35)25(4)32(20-19-26-14-8-6-9-15-26)29(34)22-33(27-16-12-13-23(2)21-27)38(36,37)28-17-10-7-11-18-28/h6-18,21,24-25H,5,19-20,22H2,1-4H3,(H,31,35)/t24-,25-/m0/s1. The van der Waals surface area contributed by atoms with Gasteiger partial charge in [0.1, 0.15) is 12.6 Å². The van der Waals surface area contributed by atoms with E-state index in [2.05, 4.69) is 5.32 Å². The zero-order valence-electron chi connectivity index (χ0n) is 22.5. The van der Waals surface area contributed by atoms with Crippen LogP contribution >= 0.6 is 0 Å². The third kappa shape index (κ3) is 7.44. The van der Waals surface area contributed by atoms with Crippen LogP contribution in [0.2, 0.25) is 0 Å². The number of hydrogen-bond donors (Lipinski definition) is 1. The first-order valence-corrected chi connectivity index (χ1v) is 14.4. The van der Waals surface area contributed by atoms with Crippen molar-refractivity contribution in [2.45, 2.75) is 57.5 Å². The van der Waals surface area contributed by atoms with Gasteiger partial charge in [-0.15, -0.1) is 0 Å². The molecule has 0 bridgehead atoms.